The second-order valence-electron chi connectivity index (χ2n) is 9.14. The highest BCUT2D eigenvalue weighted by Gasteiger charge is 2.50. The summed E-state index contributed by atoms with van der Waals surface area (Å²) < 4.78 is 1.70. The molecule has 0 nitrogen and oxygen atoms in total. The fourth-order valence-electron chi connectivity index (χ4n) is 5.39. The summed E-state index contributed by atoms with van der Waals surface area (Å²) in [6.07, 6.45) is 11.1. The van der Waals surface area contributed by atoms with Crippen LogP contribution in [0.25, 0.3) is 9.75 Å². The van der Waals surface area contributed by atoms with Crippen molar-refractivity contribution >= 4 is 57.0 Å². The van der Waals surface area contributed by atoms with Gasteiger partial charge in [0.2, 0.25) is 0 Å². The van der Waals surface area contributed by atoms with Crippen molar-refractivity contribution in [3.63, 3.8) is 0 Å². The van der Waals surface area contributed by atoms with E-state index in [4.69, 9.17) is 0 Å². The van der Waals surface area contributed by atoms with Gasteiger partial charge in [-0.2, -0.15) is 11.3 Å². The van der Waals surface area contributed by atoms with E-state index in [0.29, 0.717) is 0 Å². The number of unbranched alkanes of at least 4 members (excludes halogenated alkanes) is 4. The highest BCUT2D eigenvalue weighted by Crippen LogP contribution is 2.42. The van der Waals surface area contributed by atoms with Crippen molar-refractivity contribution in [1.29, 1.82) is 0 Å². The smallest absolute Gasteiger partial charge is 0.153 e. The Kier molecular flexibility index (Phi) is 7.39. The van der Waals surface area contributed by atoms with Crippen LogP contribution in [-0.4, -0.2) is 8.07 Å². The van der Waals surface area contributed by atoms with Gasteiger partial charge in [0.15, 0.2) is 8.07 Å². The zero-order chi connectivity index (χ0) is 21.1. The van der Waals surface area contributed by atoms with Crippen molar-refractivity contribution in [2.75, 3.05) is 0 Å². The zero-order valence-electron chi connectivity index (χ0n) is 19.1. The van der Waals surface area contributed by atoms with Crippen molar-refractivity contribution < 1.29 is 0 Å². The highest BCUT2D eigenvalue weighted by molar-refractivity contribution is 7.37. The lowest BCUT2D eigenvalue weighted by Gasteiger charge is -2.32. The van der Waals surface area contributed by atoms with E-state index in [1.807, 2.05) is 11.3 Å². The molecule has 162 valence electrons. The Hall–Kier alpha value is -0.683. The number of fused-ring (bicyclic) bond motifs is 3. The van der Waals surface area contributed by atoms with E-state index in [-0.39, 0.29) is 0 Å². The van der Waals surface area contributed by atoms with Crippen LogP contribution in [0, 0.1) is 19.8 Å². The summed E-state index contributed by atoms with van der Waals surface area (Å²) >= 11 is 6.14. The first-order chi connectivity index (χ1) is 14.6. The fraction of sp³-hybridized carbons (Fsp3) is 0.538. The molecule has 4 rings (SSSR count). The molecule has 0 amide bonds. The molecule has 4 heterocycles. The predicted octanol–water partition coefficient (Wildman–Crippen LogP) is 7.72. The average Bonchev–Trinajstić information content (AvgIpc) is 3.49. The van der Waals surface area contributed by atoms with E-state index in [1.165, 1.54) is 67.2 Å². The molecule has 3 aromatic heterocycles. The third kappa shape index (κ3) is 4.17. The van der Waals surface area contributed by atoms with Gasteiger partial charge in [-0.1, -0.05) is 77.3 Å². The molecule has 1 unspecified atom stereocenters. The lowest BCUT2D eigenvalue weighted by Crippen LogP contribution is -2.64. The maximum Gasteiger partial charge on any atom is 0.164 e. The molecule has 0 aliphatic carbocycles. The van der Waals surface area contributed by atoms with Gasteiger partial charge in [-0.05, 0) is 53.7 Å². The number of rotatable bonds is 11. The van der Waals surface area contributed by atoms with Gasteiger partial charge in [-0.15, -0.1) is 22.7 Å². The first-order valence-corrected chi connectivity index (χ1v) is 16.6. The predicted molar refractivity (Wildman–Crippen MR) is 143 cm³/mol. The van der Waals surface area contributed by atoms with Crippen molar-refractivity contribution in [2.24, 2.45) is 5.92 Å². The van der Waals surface area contributed by atoms with Crippen LogP contribution in [0.5, 0.6) is 0 Å². The number of hydrogen-bond acceptors (Lipinski definition) is 3. The highest BCUT2D eigenvalue weighted by atomic mass is 32.1. The van der Waals surface area contributed by atoms with Crippen molar-refractivity contribution in [3.05, 3.63) is 39.4 Å². The largest absolute Gasteiger partial charge is 0.164 e. The van der Waals surface area contributed by atoms with Crippen LogP contribution in [0.2, 0.25) is 6.04 Å². The standard InChI is InChI=1S/C26H36S3Si/c1-5-7-9-10-13-21(12-8-6-2)18-30(24-14-11-15-27-24)22-16-19(3)28-25(22)26-23(30)17-20(4)29-26/h11,14-17,21H,5-10,12-13,18H2,1-4H3. The number of hydrogen-bond donors (Lipinski definition) is 0. The van der Waals surface area contributed by atoms with Crippen LogP contribution in [-0.2, 0) is 0 Å². The van der Waals surface area contributed by atoms with Gasteiger partial charge in [-0.25, -0.2) is 0 Å². The van der Waals surface area contributed by atoms with Crippen molar-refractivity contribution in [3.8, 4) is 9.75 Å². The molecule has 1 aliphatic heterocycles. The third-order valence-electron chi connectivity index (χ3n) is 6.80. The molecule has 0 saturated carbocycles. The zero-order valence-corrected chi connectivity index (χ0v) is 22.5. The lowest BCUT2D eigenvalue weighted by atomic mass is 9.97. The number of thiophene rings is 3. The SMILES string of the molecule is CCCCCCC(CCCC)C[Si]1(c2cccs2)c2cc(C)sc2-c2sc(C)cc21. The molecule has 0 radical (unpaired) electrons. The molecular weight excluding hydrogens is 437 g/mol. The minimum atomic E-state index is -1.90. The first kappa shape index (κ1) is 22.5. The molecule has 0 aromatic carbocycles. The Morgan fingerprint density at radius 2 is 1.47 bits per heavy atom. The van der Waals surface area contributed by atoms with Crippen LogP contribution in [0.15, 0.2) is 29.6 Å². The van der Waals surface area contributed by atoms with E-state index < -0.39 is 8.07 Å². The molecule has 4 heteroatoms. The molecule has 1 atom stereocenters. The minimum absolute atomic E-state index is 0.870. The molecule has 0 bridgehead atoms. The normalized spacial score (nSPS) is 15.3. The molecule has 0 fully saturated rings. The summed E-state index contributed by atoms with van der Waals surface area (Å²) in [6, 6.07) is 11.4. The maximum absolute atomic E-state index is 2.59. The van der Waals surface area contributed by atoms with Gasteiger partial charge < -0.3 is 0 Å². The summed E-state index contributed by atoms with van der Waals surface area (Å²) in [5.74, 6) is 0.870. The molecular formula is C26H36S3Si. The summed E-state index contributed by atoms with van der Waals surface area (Å²) in [6.45, 7) is 9.32. The Labute approximate surface area is 196 Å². The third-order valence-corrected chi connectivity index (χ3v) is 16.3. The fourth-order valence-corrected chi connectivity index (χ4v) is 16.6. The monoisotopic (exact) mass is 472 g/mol. The van der Waals surface area contributed by atoms with Crippen LogP contribution in [0.4, 0.5) is 0 Å². The van der Waals surface area contributed by atoms with E-state index in [2.05, 4.69) is 80.0 Å². The molecule has 0 N–H and O–H groups in total. The average molecular weight is 473 g/mol. The Bertz CT molecular complexity index is 901. The lowest BCUT2D eigenvalue weighted by molar-refractivity contribution is 0.442. The molecule has 3 aromatic rings. The van der Waals surface area contributed by atoms with E-state index in [1.54, 1.807) is 24.6 Å². The summed E-state index contributed by atoms with van der Waals surface area (Å²) in [5.41, 5.74) is 0. The quantitative estimate of drug-likeness (QED) is 0.198. The molecule has 1 aliphatic rings. The van der Waals surface area contributed by atoms with Gasteiger partial charge in [-0.3, -0.25) is 0 Å². The molecule has 0 spiro atoms. The number of aryl methyl sites for hydroxylation is 2. The van der Waals surface area contributed by atoms with Crippen LogP contribution in [0.3, 0.4) is 0 Å². The maximum atomic E-state index is 2.59. The van der Waals surface area contributed by atoms with E-state index in [0.717, 1.165) is 5.92 Å². The molecule has 30 heavy (non-hydrogen) atoms. The van der Waals surface area contributed by atoms with E-state index >= 15 is 0 Å². The van der Waals surface area contributed by atoms with Gasteiger partial charge in [0.1, 0.15) is 0 Å². The van der Waals surface area contributed by atoms with Gasteiger partial charge in [0.25, 0.3) is 0 Å². The summed E-state index contributed by atoms with van der Waals surface area (Å²) in [7, 11) is -1.90. The Morgan fingerprint density at radius 3 is 2.03 bits per heavy atom. The van der Waals surface area contributed by atoms with Gasteiger partial charge in [0, 0.05) is 24.0 Å². The van der Waals surface area contributed by atoms with Gasteiger partial charge >= 0.3 is 0 Å². The molecule has 0 saturated heterocycles. The second-order valence-corrected chi connectivity index (χ2v) is 16.8. The first-order valence-electron chi connectivity index (χ1n) is 11.9. The van der Waals surface area contributed by atoms with Gasteiger partial charge in [0.05, 0.1) is 0 Å². The second kappa shape index (κ2) is 9.85. The van der Waals surface area contributed by atoms with Crippen LogP contribution >= 0.6 is 34.0 Å². The minimum Gasteiger partial charge on any atom is -0.153 e. The Balaban J connectivity index is 1.76. The summed E-state index contributed by atoms with van der Waals surface area (Å²) in [4.78, 5) is 6.25. The van der Waals surface area contributed by atoms with Crippen molar-refractivity contribution in [1.82, 2.24) is 0 Å². The Morgan fingerprint density at radius 1 is 0.833 bits per heavy atom. The van der Waals surface area contributed by atoms with Crippen molar-refractivity contribution in [2.45, 2.75) is 85.1 Å². The topological polar surface area (TPSA) is 0 Å². The summed E-state index contributed by atoms with van der Waals surface area (Å²) in [5, 5.41) is 5.83. The van der Waals surface area contributed by atoms with Crippen LogP contribution in [0.1, 0.15) is 75.0 Å². The van der Waals surface area contributed by atoms with Crippen LogP contribution < -0.4 is 14.9 Å². The van der Waals surface area contributed by atoms with E-state index in [9.17, 15) is 0 Å².